The summed E-state index contributed by atoms with van der Waals surface area (Å²) < 4.78 is 32.8. The molecule has 0 radical (unpaired) electrons. The molecule has 0 aromatic rings. The van der Waals surface area contributed by atoms with Gasteiger partial charge in [0.15, 0.2) is 0 Å². The number of nitrogens with one attached hydrogen (secondary N) is 2. The summed E-state index contributed by atoms with van der Waals surface area (Å²) in [6.45, 7) is 3.50. The molecule has 1 amide bonds. The zero-order valence-corrected chi connectivity index (χ0v) is 12.3. The third-order valence-electron chi connectivity index (χ3n) is 3.11. The van der Waals surface area contributed by atoms with Gasteiger partial charge in [0.1, 0.15) is 0 Å². The predicted molar refractivity (Wildman–Crippen MR) is 71.7 cm³/mol. The Labute approximate surface area is 114 Å². The lowest BCUT2D eigenvalue weighted by atomic mass is 9.83. The van der Waals surface area contributed by atoms with Crippen molar-refractivity contribution in [2.24, 2.45) is 5.73 Å². The van der Waals surface area contributed by atoms with Gasteiger partial charge in [0.05, 0.1) is 6.10 Å². The second-order valence-corrected chi connectivity index (χ2v) is 6.62. The maximum Gasteiger partial charge on any atom is 0.422 e. The molecule has 0 unspecified atom stereocenters. The van der Waals surface area contributed by atoms with Gasteiger partial charge in [-0.05, 0) is 26.7 Å². The quantitative estimate of drug-likeness (QED) is 0.688. The Balaban J connectivity index is 2.64. The van der Waals surface area contributed by atoms with Crippen molar-refractivity contribution < 1.29 is 17.9 Å². The van der Waals surface area contributed by atoms with Crippen molar-refractivity contribution in [1.82, 2.24) is 9.44 Å². The smallest absolute Gasteiger partial charge is 0.422 e. The van der Waals surface area contributed by atoms with Crippen molar-refractivity contribution in [3.8, 4) is 0 Å². The monoisotopic (exact) mass is 293 g/mol. The van der Waals surface area contributed by atoms with Crippen molar-refractivity contribution >= 4 is 16.3 Å². The van der Waals surface area contributed by atoms with Gasteiger partial charge in [-0.25, -0.2) is 9.52 Å². The van der Waals surface area contributed by atoms with Crippen LogP contribution >= 0.6 is 0 Å². The van der Waals surface area contributed by atoms with Crippen LogP contribution in [-0.4, -0.2) is 32.7 Å². The number of hydrogen-bond donors (Lipinski definition) is 3. The number of hydrogen-bond acceptors (Lipinski definition) is 5. The highest BCUT2D eigenvalue weighted by Gasteiger charge is 2.35. The Morgan fingerprint density at radius 3 is 2.37 bits per heavy atom. The van der Waals surface area contributed by atoms with Gasteiger partial charge in [0.2, 0.25) is 0 Å². The van der Waals surface area contributed by atoms with E-state index in [2.05, 4.69) is 4.72 Å². The average Bonchev–Trinajstić information content (AvgIpc) is 2.27. The molecule has 1 fully saturated rings. The van der Waals surface area contributed by atoms with E-state index in [0.29, 0.717) is 12.8 Å². The van der Waals surface area contributed by atoms with Crippen LogP contribution in [0.15, 0.2) is 0 Å². The summed E-state index contributed by atoms with van der Waals surface area (Å²) >= 11 is 0. The molecule has 1 saturated carbocycles. The normalized spacial score (nSPS) is 19.2. The van der Waals surface area contributed by atoms with Crippen molar-refractivity contribution in [1.29, 1.82) is 0 Å². The van der Waals surface area contributed by atoms with Crippen molar-refractivity contribution in [3.05, 3.63) is 0 Å². The first-order chi connectivity index (χ1) is 8.79. The van der Waals surface area contributed by atoms with E-state index in [-0.39, 0.29) is 12.6 Å². The highest BCUT2D eigenvalue weighted by molar-refractivity contribution is 7.88. The molecule has 0 saturated heterocycles. The number of carbonyl (C=O) groups excluding carboxylic acids is 1. The molecule has 8 heteroatoms. The van der Waals surface area contributed by atoms with Crippen LogP contribution in [0.25, 0.3) is 0 Å². The van der Waals surface area contributed by atoms with Crippen LogP contribution in [0.2, 0.25) is 0 Å². The van der Waals surface area contributed by atoms with Gasteiger partial charge >= 0.3 is 16.3 Å². The number of rotatable bonds is 5. The number of carbonyl (C=O) groups is 1. The molecule has 0 heterocycles. The Morgan fingerprint density at radius 2 is 1.89 bits per heavy atom. The molecular weight excluding hydrogens is 270 g/mol. The Bertz CT molecular complexity index is 402. The third kappa shape index (κ3) is 5.33. The first-order valence-electron chi connectivity index (χ1n) is 6.51. The molecule has 0 bridgehead atoms. The first-order valence-corrected chi connectivity index (χ1v) is 7.99. The molecule has 7 nitrogen and oxygen atoms in total. The molecule has 0 spiro atoms. The topological polar surface area (TPSA) is 111 Å². The first kappa shape index (κ1) is 16.2. The second kappa shape index (κ2) is 6.53. The molecule has 0 aromatic carbocycles. The molecule has 0 atom stereocenters. The molecule has 1 aliphatic carbocycles. The van der Waals surface area contributed by atoms with Crippen molar-refractivity contribution in [2.45, 2.75) is 57.6 Å². The maximum absolute atomic E-state index is 11.9. The van der Waals surface area contributed by atoms with E-state index in [1.807, 2.05) is 4.72 Å². The molecule has 4 N–H and O–H groups in total. The lowest BCUT2D eigenvalue weighted by molar-refractivity contribution is 0.121. The number of amides is 1. The van der Waals surface area contributed by atoms with Gasteiger partial charge in [-0.15, -0.1) is 0 Å². The number of ether oxygens (including phenoxy) is 1. The van der Waals surface area contributed by atoms with E-state index in [9.17, 15) is 13.2 Å². The van der Waals surface area contributed by atoms with Crippen LogP contribution in [0.4, 0.5) is 4.79 Å². The minimum Gasteiger partial charge on any atom is -0.446 e. The molecule has 19 heavy (non-hydrogen) atoms. The predicted octanol–water partition coefficient (Wildman–Crippen LogP) is 0.617. The Kier molecular flexibility index (Phi) is 5.57. The third-order valence-corrected chi connectivity index (χ3v) is 4.25. The maximum atomic E-state index is 11.9. The second-order valence-electron chi connectivity index (χ2n) is 5.21. The van der Waals surface area contributed by atoms with Crippen LogP contribution < -0.4 is 15.2 Å². The fraction of sp³-hybridized carbons (Fsp3) is 0.909. The zero-order chi connectivity index (χ0) is 14.5. The SMILES string of the molecule is CC(C)OC(=O)NS(=O)(=O)NC1(CN)CCCCC1. The van der Waals surface area contributed by atoms with Gasteiger partial charge in [0.25, 0.3) is 0 Å². The fourth-order valence-electron chi connectivity index (χ4n) is 2.23. The molecule has 1 aliphatic rings. The summed E-state index contributed by atoms with van der Waals surface area (Å²) in [5, 5.41) is 0. The summed E-state index contributed by atoms with van der Waals surface area (Å²) in [7, 11) is -3.95. The van der Waals surface area contributed by atoms with Gasteiger partial charge < -0.3 is 10.5 Å². The number of nitrogens with two attached hydrogens (primary N) is 1. The van der Waals surface area contributed by atoms with Crippen molar-refractivity contribution in [3.63, 3.8) is 0 Å². The molecular formula is C11H23N3O4S. The van der Waals surface area contributed by atoms with Crippen LogP contribution in [0.1, 0.15) is 46.0 Å². The van der Waals surface area contributed by atoms with Gasteiger partial charge in [-0.1, -0.05) is 19.3 Å². The average molecular weight is 293 g/mol. The lowest BCUT2D eigenvalue weighted by Crippen LogP contribution is -2.58. The molecule has 1 rings (SSSR count). The molecule has 0 aliphatic heterocycles. The summed E-state index contributed by atoms with van der Waals surface area (Å²) in [6, 6.07) is 0. The van der Waals surface area contributed by atoms with E-state index in [1.165, 1.54) is 0 Å². The van der Waals surface area contributed by atoms with E-state index < -0.39 is 21.8 Å². The van der Waals surface area contributed by atoms with Crippen molar-refractivity contribution in [2.75, 3.05) is 6.54 Å². The van der Waals surface area contributed by atoms with E-state index >= 15 is 0 Å². The van der Waals surface area contributed by atoms with Crippen LogP contribution in [0.5, 0.6) is 0 Å². The van der Waals surface area contributed by atoms with Gasteiger partial charge in [0, 0.05) is 12.1 Å². The van der Waals surface area contributed by atoms with E-state index in [0.717, 1.165) is 19.3 Å². The summed E-state index contributed by atoms with van der Waals surface area (Å²) in [5.74, 6) is 0. The molecule has 0 aromatic heterocycles. The molecule has 112 valence electrons. The Morgan fingerprint density at radius 1 is 1.32 bits per heavy atom. The largest absolute Gasteiger partial charge is 0.446 e. The zero-order valence-electron chi connectivity index (χ0n) is 11.4. The minimum absolute atomic E-state index is 0.215. The van der Waals surface area contributed by atoms with E-state index in [4.69, 9.17) is 10.5 Å². The Hall–Kier alpha value is -0.860. The van der Waals surface area contributed by atoms with Gasteiger partial charge in [-0.2, -0.15) is 13.1 Å². The minimum atomic E-state index is -3.95. The van der Waals surface area contributed by atoms with Gasteiger partial charge in [-0.3, -0.25) is 0 Å². The summed E-state index contributed by atoms with van der Waals surface area (Å²) in [4.78, 5) is 11.3. The van der Waals surface area contributed by atoms with E-state index in [1.54, 1.807) is 13.8 Å². The van der Waals surface area contributed by atoms with Crippen LogP contribution in [-0.2, 0) is 14.9 Å². The highest BCUT2D eigenvalue weighted by atomic mass is 32.2. The fourth-order valence-corrected chi connectivity index (χ4v) is 3.41. The standard InChI is InChI=1S/C11H23N3O4S/c1-9(2)18-10(15)13-19(16,17)14-11(8-12)6-4-3-5-7-11/h9,14H,3-8,12H2,1-2H3,(H,13,15). The van der Waals surface area contributed by atoms with Crippen LogP contribution in [0, 0.1) is 0 Å². The summed E-state index contributed by atoms with van der Waals surface area (Å²) in [5.41, 5.74) is 5.04. The highest BCUT2D eigenvalue weighted by Crippen LogP contribution is 2.27. The lowest BCUT2D eigenvalue weighted by Gasteiger charge is -2.36. The summed E-state index contributed by atoms with van der Waals surface area (Å²) in [6.07, 6.45) is 2.94. The van der Waals surface area contributed by atoms with Crippen LogP contribution in [0.3, 0.4) is 0 Å².